The van der Waals surface area contributed by atoms with E-state index < -0.39 is 11.9 Å². The molecule has 1 atom stereocenters. The molecular formula is C18H24ClN3O4. The van der Waals surface area contributed by atoms with Crippen molar-refractivity contribution in [2.24, 2.45) is 5.92 Å². The highest BCUT2D eigenvalue weighted by molar-refractivity contribution is 6.30. The monoisotopic (exact) mass is 381 g/mol. The number of nitrogens with zero attached hydrogens (tertiary/aromatic N) is 2. The molecule has 2 heterocycles. The van der Waals surface area contributed by atoms with Gasteiger partial charge in [-0.15, -0.1) is 0 Å². The molecule has 142 valence electrons. The summed E-state index contributed by atoms with van der Waals surface area (Å²) < 4.78 is 5.40. The van der Waals surface area contributed by atoms with Gasteiger partial charge < -0.3 is 25.0 Å². The number of carboxylic acid groups (broad SMARTS) is 1. The Bertz CT molecular complexity index is 664. The van der Waals surface area contributed by atoms with Crippen molar-refractivity contribution < 1.29 is 19.4 Å². The van der Waals surface area contributed by atoms with E-state index in [1.165, 1.54) is 0 Å². The van der Waals surface area contributed by atoms with E-state index in [1.807, 2.05) is 18.2 Å². The SMILES string of the molecule is O=C(O)C1CCCN(C(=O)NCc2cc(Cl)ccc2N2CCOCC2)C1. The number of hydrogen-bond donors (Lipinski definition) is 2. The average molecular weight is 382 g/mol. The maximum Gasteiger partial charge on any atom is 0.317 e. The number of piperidine rings is 1. The second kappa shape index (κ2) is 8.60. The summed E-state index contributed by atoms with van der Waals surface area (Å²) in [5, 5.41) is 12.7. The maximum atomic E-state index is 12.5. The largest absolute Gasteiger partial charge is 0.481 e. The highest BCUT2D eigenvalue weighted by atomic mass is 35.5. The smallest absolute Gasteiger partial charge is 0.317 e. The Morgan fingerprint density at radius 3 is 2.77 bits per heavy atom. The number of morpholine rings is 1. The molecule has 0 aliphatic carbocycles. The van der Waals surface area contributed by atoms with Crippen LogP contribution in [0.15, 0.2) is 18.2 Å². The summed E-state index contributed by atoms with van der Waals surface area (Å²) >= 11 is 6.14. The van der Waals surface area contributed by atoms with Gasteiger partial charge in [0.05, 0.1) is 19.1 Å². The minimum Gasteiger partial charge on any atom is -0.481 e. The molecular weight excluding hydrogens is 358 g/mol. The molecule has 0 bridgehead atoms. The number of carboxylic acids is 1. The fraction of sp³-hybridized carbons (Fsp3) is 0.556. The van der Waals surface area contributed by atoms with Gasteiger partial charge in [-0.25, -0.2) is 4.79 Å². The van der Waals surface area contributed by atoms with Gasteiger partial charge in [-0.3, -0.25) is 4.79 Å². The van der Waals surface area contributed by atoms with Crippen molar-refractivity contribution in [3.8, 4) is 0 Å². The Morgan fingerprint density at radius 2 is 2.04 bits per heavy atom. The highest BCUT2D eigenvalue weighted by Gasteiger charge is 2.28. The average Bonchev–Trinajstić information content (AvgIpc) is 2.67. The van der Waals surface area contributed by atoms with Crippen LogP contribution in [-0.4, -0.2) is 61.4 Å². The highest BCUT2D eigenvalue weighted by Crippen LogP contribution is 2.25. The fourth-order valence-corrected chi connectivity index (χ4v) is 3.65. The van der Waals surface area contributed by atoms with Crippen LogP contribution in [0.5, 0.6) is 0 Å². The number of likely N-dealkylation sites (tertiary alicyclic amines) is 1. The third-order valence-electron chi connectivity index (χ3n) is 4.88. The lowest BCUT2D eigenvalue weighted by Crippen LogP contribution is -2.47. The van der Waals surface area contributed by atoms with E-state index >= 15 is 0 Å². The van der Waals surface area contributed by atoms with E-state index in [0.717, 1.165) is 24.3 Å². The second-order valence-electron chi connectivity index (χ2n) is 6.65. The van der Waals surface area contributed by atoms with Crippen LogP contribution in [0.2, 0.25) is 5.02 Å². The molecule has 2 aliphatic heterocycles. The van der Waals surface area contributed by atoms with Gasteiger partial charge >= 0.3 is 12.0 Å². The number of hydrogen-bond acceptors (Lipinski definition) is 4. The van der Waals surface area contributed by atoms with Gasteiger partial charge in [0.25, 0.3) is 0 Å². The molecule has 0 saturated carbocycles. The number of halogens is 1. The molecule has 1 aromatic carbocycles. The van der Waals surface area contributed by atoms with Gasteiger partial charge in [-0.2, -0.15) is 0 Å². The van der Waals surface area contributed by atoms with Crippen LogP contribution in [0.4, 0.5) is 10.5 Å². The summed E-state index contributed by atoms with van der Waals surface area (Å²) in [6.45, 7) is 4.15. The van der Waals surface area contributed by atoms with E-state index in [9.17, 15) is 9.59 Å². The van der Waals surface area contributed by atoms with Crippen molar-refractivity contribution in [3.05, 3.63) is 28.8 Å². The minimum atomic E-state index is -0.841. The number of aliphatic carboxylic acids is 1. The Morgan fingerprint density at radius 1 is 1.27 bits per heavy atom. The number of nitrogens with one attached hydrogen (secondary N) is 1. The Balaban J connectivity index is 1.64. The zero-order chi connectivity index (χ0) is 18.5. The molecule has 0 spiro atoms. The first-order valence-electron chi connectivity index (χ1n) is 8.91. The molecule has 1 aromatic rings. The van der Waals surface area contributed by atoms with Crippen LogP contribution in [0.1, 0.15) is 18.4 Å². The second-order valence-corrected chi connectivity index (χ2v) is 7.09. The van der Waals surface area contributed by atoms with Gasteiger partial charge in [0.2, 0.25) is 0 Å². The summed E-state index contributed by atoms with van der Waals surface area (Å²) in [6.07, 6.45) is 1.33. The van der Waals surface area contributed by atoms with Gasteiger partial charge in [0.15, 0.2) is 0 Å². The molecule has 8 heteroatoms. The van der Waals surface area contributed by atoms with Crippen LogP contribution in [0.3, 0.4) is 0 Å². The van der Waals surface area contributed by atoms with Crippen LogP contribution < -0.4 is 10.2 Å². The van der Waals surface area contributed by atoms with Crippen LogP contribution in [0, 0.1) is 5.92 Å². The van der Waals surface area contributed by atoms with Crippen LogP contribution in [0.25, 0.3) is 0 Å². The van der Waals surface area contributed by atoms with Gasteiger partial charge in [0, 0.05) is 43.4 Å². The summed E-state index contributed by atoms with van der Waals surface area (Å²) in [6, 6.07) is 5.45. The van der Waals surface area contributed by atoms with Crippen molar-refractivity contribution in [2.45, 2.75) is 19.4 Å². The number of carbonyl (C=O) groups excluding carboxylic acids is 1. The number of benzene rings is 1. The molecule has 2 aliphatic rings. The number of rotatable bonds is 4. The lowest BCUT2D eigenvalue weighted by atomic mass is 9.99. The van der Waals surface area contributed by atoms with E-state index in [0.29, 0.717) is 44.2 Å². The molecule has 2 saturated heterocycles. The van der Waals surface area contributed by atoms with Crippen LogP contribution in [-0.2, 0) is 16.1 Å². The molecule has 0 aromatic heterocycles. The van der Waals surface area contributed by atoms with Crippen molar-refractivity contribution >= 4 is 29.3 Å². The third-order valence-corrected chi connectivity index (χ3v) is 5.12. The molecule has 1 unspecified atom stereocenters. The van der Waals surface area contributed by atoms with Crippen LogP contribution >= 0.6 is 11.6 Å². The molecule has 2 fully saturated rings. The first-order chi connectivity index (χ1) is 12.5. The minimum absolute atomic E-state index is 0.233. The molecule has 3 rings (SSSR count). The third kappa shape index (κ3) is 4.59. The van der Waals surface area contributed by atoms with Gasteiger partial charge in [0.1, 0.15) is 0 Å². The molecule has 2 amide bonds. The number of amides is 2. The number of urea groups is 1. The first-order valence-corrected chi connectivity index (χ1v) is 9.29. The normalized spacial score (nSPS) is 20.7. The van der Waals surface area contributed by atoms with E-state index in [4.69, 9.17) is 21.4 Å². The number of ether oxygens (including phenoxy) is 1. The number of anilines is 1. The van der Waals surface area contributed by atoms with Crippen molar-refractivity contribution in [1.29, 1.82) is 0 Å². The predicted octanol–water partition coefficient (Wildman–Crippen LogP) is 2.18. The maximum absolute atomic E-state index is 12.5. The summed E-state index contributed by atoms with van der Waals surface area (Å²) in [5.41, 5.74) is 1.99. The molecule has 0 radical (unpaired) electrons. The predicted molar refractivity (Wildman–Crippen MR) is 98.7 cm³/mol. The van der Waals surface area contributed by atoms with Gasteiger partial charge in [-0.05, 0) is 36.6 Å². The summed E-state index contributed by atoms with van der Waals surface area (Å²) in [7, 11) is 0. The standard InChI is InChI=1S/C18H24ClN3O4/c19-15-3-4-16(21-6-8-26-9-7-21)14(10-15)11-20-18(25)22-5-1-2-13(12-22)17(23)24/h3-4,10,13H,1-2,5-9,11-12H2,(H,20,25)(H,23,24). The zero-order valence-electron chi connectivity index (χ0n) is 14.6. The van der Waals surface area contributed by atoms with E-state index in [1.54, 1.807) is 4.90 Å². The molecule has 7 nitrogen and oxygen atoms in total. The first kappa shape index (κ1) is 18.8. The Hall–Kier alpha value is -1.99. The number of carbonyl (C=O) groups is 2. The molecule has 2 N–H and O–H groups in total. The molecule has 26 heavy (non-hydrogen) atoms. The summed E-state index contributed by atoms with van der Waals surface area (Å²) in [4.78, 5) is 27.4. The zero-order valence-corrected chi connectivity index (χ0v) is 15.4. The van der Waals surface area contributed by atoms with E-state index in [-0.39, 0.29) is 12.6 Å². The lowest BCUT2D eigenvalue weighted by Gasteiger charge is -2.32. The van der Waals surface area contributed by atoms with Crippen molar-refractivity contribution in [3.63, 3.8) is 0 Å². The van der Waals surface area contributed by atoms with Crippen molar-refractivity contribution in [2.75, 3.05) is 44.3 Å². The Kier molecular flexibility index (Phi) is 6.21. The topological polar surface area (TPSA) is 82.1 Å². The fourth-order valence-electron chi connectivity index (χ4n) is 3.45. The van der Waals surface area contributed by atoms with Gasteiger partial charge in [-0.1, -0.05) is 11.6 Å². The van der Waals surface area contributed by atoms with Crippen molar-refractivity contribution in [1.82, 2.24) is 10.2 Å². The van der Waals surface area contributed by atoms with E-state index in [2.05, 4.69) is 10.2 Å². The Labute approximate surface area is 157 Å². The summed E-state index contributed by atoms with van der Waals surface area (Å²) in [5.74, 6) is -1.32. The lowest BCUT2D eigenvalue weighted by molar-refractivity contribution is -0.143. The quantitative estimate of drug-likeness (QED) is 0.835.